The Kier molecular flexibility index (Phi) is 32.4. The Hall–Kier alpha value is -1.22. The Morgan fingerprint density at radius 2 is 0.957 bits per heavy atom. The summed E-state index contributed by atoms with van der Waals surface area (Å²) in [6, 6.07) is -1.24. The zero-order valence-electron chi connectivity index (χ0n) is 30.5. The highest BCUT2D eigenvalue weighted by atomic mass is 32.2. The van der Waals surface area contributed by atoms with E-state index in [-0.39, 0.29) is 6.42 Å². The van der Waals surface area contributed by atoms with Gasteiger partial charge in [-0.3, -0.25) is 9.35 Å². The third-order valence-corrected chi connectivity index (χ3v) is 9.77. The topological polar surface area (TPSA) is 124 Å². The van der Waals surface area contributed by atoms with Crippen molar-refractivity contribution in [2.45, 2.75) is 212 Å². The standard InChI is InChI=1S/C39H75NO6S/c1-3-5-7-9-11-13-15-17-18-19-20-21-22-24-25-27-29-31-33-37(41)36(35-47(44,45)46)40-39(43)38(42)34-32-30-28-26-23-16-14-12-10-8-6-4-2/h24-25,31,33,36-38,41-42H,3-23,26-30,32,34-35H2,1-2H3,(H,40,43)(H,44,45,46)/b25-24+,33-31+. The molecular weight excluding hydrogens is 610 g/mol. The SMILES string of the molecule is CCCCCCCCCCCCCC/C=C/CC/C=C/C(O)C(CS(=O)(=O)O)NC(=O)C(O)CCCCCCCCCCCCCC. The molecule has 0 aliphatic heterocycles. The van der Waals surface area contributed by atoms with Crippen molar-refractivity contribution in [1.29, 1.82) is 0 Å². The zero-order valence-corrected chi connectivity index (χ0v) is 31.3. The van der Waals surface area contributed by atoms with Crippen LogP contribution in [0.25, 0.3) is 0 Å². The molecule has 0 rings (SSSR count). The molecule has 3 unspecified atom stereocenters. The number of rotatable bonds is 35. The molecule has 0 bridgehead atoms. The van der Waals surface area contributed by atoms with Crippen molar-refractivity contribution < 1.29 is 28.0 Å². The van der Waals surface area contributed by atoms with Gasteiger partial charge < -0.3 is 15.5 Å². The van der Waals surface area contributed by atoms with Crippen LogP contribution in [0.15, 0.2) is 24.3 Å². The van der Waals surface area contributed by atoms with Crippen LogP contribution in [0.3, 0.4) is 0 Å². The van der Waals surface area contributed by atoms with Crippen molar-refractivity contribution in [1.82, 2.24) is 5.32 Å². The Bertz CT molecular complexity index is 860. The fourth-order valence-corrected chi connectivity index (χ4v) is 6.68. The summed E-state index contributed by atoms with van der Waals surface area (Å²) in [5.41, 5.74) is 0. The molecule has 47 heavy (non-hydrogen) atoms. The summed E-state index contributed by atoms with van der Waals surface area (Å²) in [6.45, 7) is 4.49. The van der Waals surface area contributed by atoms with Gasteiger partial charge in [0.05, 0.1) is 17.9 Å². The van der Waals surface area contributed by atoms with Gasteiger partial charge in [0.25, 0.3) is 10.1 Å². The molecule has 0 aliphatic carbocycles. The molecule has 3 atom stereocenters. The molecule has 4 N–H and O–H groups in total. The van der Waals surface area contributed by atoms with E-state index < -0.39 is 40.0 Å². The van der Waals surface area contributed by atoms with Gasteiger partial charge in [-0.05, 0) is 32.1 Å². The number of hydrogen-bond acceptors (Lipinski definition) is 5. The molecule has 0 fully saturated rings. The average molecular weight is 686 g/mol. The van der Waals surface area contributed by atoms with Gasteiger partial charge >= 0.3 is 0 Å². The second-order valence-corrected chi connectivity index (χ2v) is 15.2. The molecule has 0 heterocycles. The van der Waals surface area contributed by atoms with Crippen LogP contribution in [0.1, 0.15) is 194 Å². The molecule has 0 aromatic carbocycles. The van der Waals surface area contributed by atoms with E-state index in [9.17, 15) is 28.0 Å². The molecule has 0 radical (unpaired) electrons. The Balaban J connectivity index is 4.11. The minimum atomic E-state index is -4.44. The number of nitrogens with one attached hydrogen (secondary N) is 1. The average Bonchev–Trinajstić information content (AvgIpc) is 3.03. The maximum absolute atomic E-state index is 12.5. The largest absolute Gasteiger partial charge is 0.387 e. The first-order valence-corrected chi connectivity index (χ1v) is 21.3. The maximum Gasteiger partial charge on any atom is 0.267 e. The normalized spacial score (nSPS) is 14.2. The molecule has 0 spiro atoms. The van der Waals surface area contributed by atoms with Gasteiger partial charge in [0.15, 0.2) is 0 Å². The first-order chi connectivity index (χ1) is 22.7. The van der Waals surface area contributed by atoms with E-state index in [1.165, 1.54) is 134 Å². The van der Waals surface area contributed by atoms with Gasteiger partial charge in [0, 0.05) is 0 Å². The van der Waals surface area contributed by atoms with E-state index in [1.807, 2.05) is 0 Å². The number of hydrogen-bond donors (Lipinski definition) is 4. The van der Waals surface area contributed by atoms with E-state index in [4.69, 9.17) is 0 Å². The highest BCUT2D eigenvalue weighted by molar-refractivity contribution is 7.85. The molecule has 8 heteroatoms. The van der Waals surface area contributed by atoms with Gasteiger partial charge in [-0.2, -0.15) is 8.42 Å². The van der Waals surface area contributed by atoms with Crippen LogP contribution in [-0.2, 0) is 14.9 Å². The number of carbonyl (C=O) groups excluding carboxylic acids is 1. The van der Waals surface area contributed by atoms with Gasteiger partial charge in [-0.1, -0.05) is 186 Å². The molecule has 0 saturated carbocycles. The monoisotopic (exact) mass is 686 g/mol. The van der Waals surface area contributed by atoms with Crippen molar-refractivity contribution in [2.24, 2.45) is 0 Å². The van der Waals surface area contributed by atoms with Crippen LogP contribution in [-0.4, -0.2) is 53.1 Å². The van der Waals surface area contributed by atoms with Crippen molar-refractivity contribution >= 4 is 16.0 Å². The molecule has 7 nitrogen and oxygen atoms in total. The number of amides is 1. The number of carbonyl (C=O) groups is 1. The van der Waals surface area contributed by atoms with E-state index >= 15 is 0 Å². The minimum absolute atomic E-state index is 0.277. The van der Waals surface area contributed by atoms with Crippen LogP contribution >= 0.6 is 0 Å². The lowest BCUT2D eigenvalue weighted by Gasteiger charge is -2.22. The van der Waals surface area contributed by atoms with Crippen molar-refractivity contribution in [3.8, 4) is 0 Å². The Morgan fingerprint density at radius 1 is 0.574 bits per heavy atom. The highest BCUT2D eigenvalue weighted by Gasteiger charge is 2.27. The van der Waals surface area contributed by atoms with E-state index in [0.29, 0.717) is 12.8 Å². The van der Waals surface area contributed by atoms with Crippen LogP contribution < -0.4 is 5.32 Å². The third-order valence-electron chi connectivity index (χ3n) is 8.99. The summed E-state index contributed by atoms with van der Waals surface area (Å²) in [6.07, 6.45) is 38.1. The van der Waals surface area contributed by atoms with Crippen LogP contribution in [0.4, 0.5) is 0 Å². The van der Waals surface area contributed by atoms with E-state index in [0.717, 1.165) is 32.1 Å². The summed E-state index contributed by atoms with van der Waals surface area (Å²) >= 11 is 0. The molecule has 0 saturated heterocycles. The summed E-state index contributed by atoms with van der Waals surface area (Å²) < 4.78 is 32.4. The fourth-order valence-electron chi connectivity index (χ4n) is 5.94. The quantitative estimate of drug-likeness (QED) is 0.0299. The number of allylic oxidation sites excluding steroid dienone is 3. The summed E-state index contributed by atoms with van der Waals surface area (Å²) in [7, 11) is -4.44. The van der Waals surface area contributed by atoms with Crippen LogP contribution in [0.2, 0.25) is 0 Å². The lowest BCUT2D eigenvalue weighted by atomic mass is 10.0. The zero-order chi connectivity index (χ0) is 34.9. The molecule has 0 aliphatic rings. The third kappa shape index (κ3) is 33.1. The van der Waals surface area contributed by atoms with Crippen molar-refractivity contribution in [3.63, 3.8) is 0 Å². The first-order valence-electron chi connectivity index (χ1n) is 19.6. The van der Waals surface area contributed by atoms with Gasteiger partial charge in [-0.25, -0.2) is 0 Å². The maximum atomic E-state index is 12.5. The predicted octanol–water partition coefficient (Wildman–Crippen LogP) is 10.2. The Morgan fingerprint density at radius 3 is 1.40 bits per heavy atom. The summed E-state index contributed by atoms with van der Waals surface area (Å²) in [5, 5.41) is 23.3. The number of aliphatic hydroxyl groups is 2. The molecule has 1 amide bonds. The first kappa shape index (κ1) is 45.8. The molecular formula is C39H75NO6S. The summed E-state index contributed by atoms with van der Waals surface area (Å²) in [5.74, 6) is -1.55. The molecule has 0 aromatic rings. The summed E-state index contributed by atoms with van der Waals surface area (Å²) in [4.78, 5) is 12.5. The van der Waals surface area contributed by atoms with E-state index in [1.54, 1.807) is 6.08 Å². The van der Waals surface area contributed by atoms with Crippen LogP contribution in [0.5, 0.6) is 0 Å². The van der Waals surface area contributed by atoms with E-state index in [2.05, 4.69) is 31.3 Å². The number of unbranched alkanes of at least 4 members (excludes halogenated alkanes) is 24. The smallest absolute Gasteiger partial charge is 0.267 e. The fraction of sp³-hybridized carbons (Fsp3) is 0.872. The second kappa shape index (κ2) is 33.3. The minimum Gasteiger partial charge on any atom is -0.387 e. The van der Waals surface area contributed by atoms with Crippen molar-refractivity contribution in [2.75, 3.05) is 5.75 Å². The highest BCUT2D eigenvalue weighted by Crippen LogP contribution is 2.15. The van der Waals surface area contributed by atoms with Crippen LogP contribution in [0, 0.1) is 0 Å². The van der Waals surface area contributed by atoms with Crippen molar-refractivity contribution in [3.05, 3.63) is 24.3 Å². The Labute approximate surface area is 290 Å². The predicted molar refractivity (Wildman–Crippen MR) is 199 cm³/mol. The van der Waals surface area contributed by atoms with Gasteiger partial charge in [0.2, 0.25) is 5.91 Å². The van der Waals surface area contributed by atoms with Gasteiger partial charge in [0.1, 0.15) is 6.10 Å². The second-order valence-electron chi connectivity index (χ2n) is 13.7. The molecule has 278 valence electrons. The number of aliphatic hydroxyl groups excluding tert-OH is 2. The lowest BCUT2D eigenvalue weighted by Crippen LogP contribution is -2.50. The lowest BCUT2D eigenvalue weighted by molar-refractivity contribution is -0.130. The molecule has 0 aromatic heterocycles. The van der Waals surface area contributed by atoms with Gasteiger partial charge in [-0.15, -0.1) is 0 Å².